The Balaban J connectivity index is 1.93. The minimum absolute atomic E-state index is 0.380. The zero-order chi connectivity index (χ0) is 13.2. The van der Waals surface area contributed by atoms with Crippen molar-refractivity contribution in [3.05, 3.63) is 12.2 Å². The summed E-state index contributed by atoms with van der Waals surface area (Å²) in [5.41, 5.74) is 0. The number of nitrogens with one attached hydrogen (secondary N) is 1. The van der Waals surface area contributed by atoms with E-state index in [-0.39, 0.29) is 6.10 Å². The van der Waals surface area contributed by atoms with Crippen molar-refractivity contribution in [3.63, 3.8) is 0 Å². The Kier molecular flexibility index (Phi) is 8.31. The molecule has 2 atom stereocenters. The van der Waals surface area contributed by atoms with Crippen LogP contribution in [0.2, 0.25) is 0 Å². The van der Waals surface area contributed by atoms with Gasteiger partial charge in [-0.15, -0.1) is 0 Å². The van der Waals surface area contributed by atoms with Gasteiger partial charge in [0.15, 0.2) is 0 Å². The predicted molar refractivity (Wildman–Crippen MR) is 75.7 cm³/mol. The van der Waals surface area contributed by atoms with Crippen LogP contribution in [0.15, 0.2) is 12.2 Å². The third-order valence-electron chi connectivity index (χ3n) is 3.29. The van der Waals surface area contributed by atoms with Gasteiger partial charge in [0.05, 0.1) is 12.7 Å². The molecule has 0 spiro atoms. The van der Waals surface area contributed by atoms with E-state index in [9.17, 15) is 5.11 Å². The summed E-state index contributed by atoms with van der Waals surface area (Å²) in [7, 11) is 0. The third kappa shape index (κ3) is 7.85. The van der Waals surface area contributed by atoms with Gasteiger partial charge in [0.2, 0.25) is 0 Å². The van der Waals surface area contributed by atoms with Gasteiger partial charge < -0.3 is 15.2 Å². The summed E-state index contributed by atoms with van der Waals surface area (Å²) in [5.74, 6) is 0.736. The third-order valence-corrected chi connectivity index (χ3v) is 3.29. The monoisotopic (exact) mass is 255 g/mol. The van der Waals surface area contributed by atoms with Crippen molar-refractivity contribution in [2.24, 2.45) is 5.92 Å². The zero-order valence-electron chi connectivity index (χ0n) is 11.9. The first-order chi connectivity index (χ1) is 8.68. The lowest BCUT2D eigenvalue weighted by Gasteiger charge is -2.21. The maximum atomic E-state index is 9.78. The van der Waals surface area contributed by atoms with Gasteiger partial charge in [0.25, 0.3) is 0 Å². The van der Waals surface area contributed by atoms with Gasteiger partial charge in [-0.05, 0) is 38.0 Å². The van der Waals surface area contributed by atoms with Crippen LogP contribution < -0.4 is 5.32 Å². The maximum Gasteiger partial charge on any atom is 0.0897 e. The van der Waals surface area contributed by atoms with Crippen LogP contribution in [0.5, 0.6) is 0 Å². The molecule has 3 heteroatoms. The van der Waals surface area contributed by atoms with E-state index in [1.807, 2.05) is 0 Å². The fraction of sp³-hybridized carbons (Fsp3) is 0.867. The Labute approximate surface area is 112 Å². The lowest BCUT2D eigenvalue weighted by Crippen LogP contribution is -2.37. The topological polar surface area (TPSA) is 41.5 Å². The van der Waals surface area contributed by atoms with Crippen molar-refractivity contribution < 1.29 is 9.84 Å². The predicted octanol–water partition coefficient (Wildman–Crippen LogP) is 2.50. The average Bonchev–Trinajstić information content (AvgIpc) is 2.37. The minimum atomic E-state index is -0.380. The minimum Gasteiger partial charge on any atom is -0.389 e. The lowest BCUT2D eigenvalue weighted by molar-refractivity contribution is 0.0333. The van der Waals surface area contributed by atoms with Crippen LogP contribution in [0, 0.1) is 5.92 Å². The summed E-state index contributed by atoms with van der Waals surface area (Å²) in [5, 5.41) is 13.2. The smallest absolute Gasteiger partial charge is 0.0897 e. The molecule has 18 heavy (non-hydrogen) atoms. The largest absolute Gasteiger partial charge is 0.389 e. The number of aliphatic hydroxyl groups is 1. The zero-order valence-corrected chi connectivity index (χ0v) is 11.9. The normalized spacial score (nSPS) is 21.4. The number of aliphatic hydroxyl groups excluding tert-OH is 1. The van der Waals surface area contributed by atoms with E-state index in [2.05, 4.69) is 31.3 Å². The van der Waals surface area contributed by atoms with Gasteiger partial charge in [0, 0.05) is 19.2 Å². The summed E-state index contributed by atoms with van der Waals surface area (Å²) >= 11 is 0. The average molecular weight is 255 g/mol. The molecule has 0 aromatic rings. The van der Waals surface area contributed by atoms with Crippen molar-refractivity contribution >= 4 is 0 Å². The second kappa shape index (κ2) is 9.54. The van der Waals surface area contributed by atoms with E-state index in [0.717, 1.165) is 31.8 Å². The van der Waals surface area contributed by atoms with Gasteiger partial charge in [-0.3, -0.25) is 0 Å². The van der Waals surface area contributed by atoms with E-state index < -0.39 is 0 Å². The van der Waals surface area contributed by atoms with E-state index in [1.165, 1.54) is 12.8 Å². The molecule has 0 saturated heterocycles. The molecule has 2 unspecified atom stereocenters. The Morgan fingerprint density at radius 2 is 2.22 bits per heavy atom. The summed E-state index contributed by atoms with van der Waals surface area (Å²) in [6.07, 6.45) is 9.77. The van der Waals surface area contributed by atoms with Crippen LogP contribution in [-0.2, 0) is 4.74 Å². The van der Waals surface area contributed by atoms with Crippen LogP contribution in [-0.4, -0.2) is 37.0 Å². The van der Waals surface area contributed by atoms with Gasteiger partial charge in [-0.2, -0.15) is 0 Å². The van der Waals surface area contributed by atoms with Crippen LogP contribution in [0.1, 0.15) is 46.0 Å². The molecule has 0 aromatic heterocycles. The van der Waals surface area contributed by atoms with Crippen LogP contribution >= 0.6 is 0 Å². The first-order valence-corrected chi connectivity index (χ1v) is 7.32. The van der Waals surface area contributed by atoms with Crippen LogP contribution in [0.25, 0.3) is 0 Å². The van der Waals surface area contributed by atoms with Gasteiger partial charge in [-0.1, -0.05) is 26.0 Å². The molecule has 1 aliphatic carbocycles. The molecule has 0 heterocycles. The number of hydrogen-bond acceptors (Lipinski definition) is 3. The van der Waals surface area contributed by atoms with Gasteiger partial charge in [0.1, 0.15) is 0 Å². The van der Waals surface area contributed by atoms with Gasteiger partial charge in [-0.25, -0.2) is 0 Å². The Morgan fingerprint density at radius 1 is 1.39 bits per heavy atom. The second-order valence-electron chi connectivity index (χ2n) is 5.65. The highest BCUT2D eigenvalue weighted by Gasteiger charge is 2.11. The highest BCUT2D eigenvalue weighted by molar-refractivity contribution is 4.93. The molecule has 0 amide bonds. The lowest BCUT2D eigenvalue weighted by atomic mass is 10.0. The highest BCUT2D eigenvalue weighted by Crippen LogP contribution is 2.10. The van der Waals surface area contributed by atoms with E-state index in [4.69, 9.17) is 4.74 Å². The molecule has 0 radical (unpaired) electrons. The Hall–Kier alpha value is -0.380. The fourth-order valence-corrected chi connectivity index (χ4v) is 2.15. The molecule has 106 valence electrons. The number of ether oxygens (including phenoxy) is 1. The SMILES string of the molecule is CC(C)CCCOCC(O)CNC1CC=CCC1. The standard InChI is InChI=1S/C15H29NO2/c1-13(2)7-6-10-18-12-15(17)11-16-14-8-4-3-5-9-14/h3-4,13-17H,5-12H2,1-2H3. The van der Waals surface area contributed by atoms with E-state index in [1.54, 1.807) is 0 Å². The summed E-state index contributed by atoms with van der Waals surface area (Å²) < 4.78 is 5.48. The summed E-state index contributed by atoms with van der Waals surface area (Å²) in [4.78, 5) is 0. The molecule has 1 aliphatic rings. The number of hydrogen-bond donors (Lipinski definition) is 2. The van der Waals surface area contributed by atoms with Crippen molar-refractivity contribution in [1.29, 1.82) is 0 Å². The second-order valence-corrected chi connectivity index (χ2v) is 5.65. The molecule has 0 aromatic carbocycles. The molecule has 2 N–H and O–H groups in total. The maximum absolute atomic E-state index is 9.78. The summed E-state index contributed by atoms with van der Waals surface area (Å²) in [6.45, 7) is 6.30. The highest BCUT2D eigenvalue weighted by atomic mass is 16.5. The van der Waals surface area contributed by atoms with Crippen molar-refractivity contribution in [2.45, 2.75) is 58.1 Å². The van der Waals surface area contributed by atoms with Crippen LogP contribution in [0.3, 0.4) is 0 Å². The first-order valence-electron chi connectivity index (χ1n) is 7.32. The summed E-state index contributed by atoms with van der Waals surface area (Å²) in [6, 6.07) is 0.533. The van der Waals surface area contributed by atoms with Crippen molar-refractivity contribution in [1.82, 2.24) is 5.32 Å². The van der Waals surface area contributed by atoms with Gasteiger partial charge >= 0.3 is 0 Å². The molecule has 0 bridgehead atoms. The number of allylic oxidation sites excluding steroid dienone is 1. The van der Waals surface area contributed by atoms with Crippen molar-refractivity contribution in [2.75, 3.05) is 19.8 Å². The van der Waals surface area contributed by atoms with Crippen LogP contribution in [0.4, 0.5) is 0 Å². The fourth-order valence-electron chi connectivity index (χ4n) is 2.15. The van der Waals surface area contributed by atoms with E-state index >= 15 is 0 Å². The Morgan fingerprint density at radius 3 is 2.89 bits per heavy atom. The molecule has 3 nitrogen and oxygen atoms in total. The molecular weight excluding hydrogens is 226 g/mol. The number of rotatable bonds is 9. The Bertz CT molecular complexity index is 229. The molecular formula is C15H29NO2. The molecule has 0 aliphatic heterocycles. The van der Waals surface area contributed by atoms with E-state index in [0.29, 0.717) is 19.2 Å². The first kappa shape index (κ1) is 15.7. The molecule has 0 fully saturated rings. The molecule has 1 rings (SSSR count). The quantitative estimate of drug-likeness (QED) is 0.491. The van der Waals surface area contributed by atoms with Crippen molar-refractivity contribution in [3.8, 4) is 0 Å². The molecule has 0 saturated carbocycles.